The molecule has 0 amide bonds. The summed E-state index contributed by atoms with van der Waals surface area (Å²) in [6.45, 7) is 2.08. The van der Waals surface area contributed by atoms with Crippen LogP contribution in [0.3, 0.4) is 0 Å². The first kappa shape index (κ1) is 15.4. The fourth-order valence-electron chi connectivity index (χ4n) is 2.32. The number of ether oxygens (including phenoxy) is 1. The van der Waals surface area contributed by atoms with Gasteiger partial charge in [0, 0.05) is 4.47 Å². The Labute approximate surface area is 133 Å². The monoisotopic (exact) mass is 353 g/mol. The average Bonchev–Trinajstić information content (AvgIpc) is 2.45. The summed E-state index contributed by atoms with van der Waals surface area (Å²) in [7, 11) is 3.61. The van der Waals surface area contributed by atoms with E-state index in [4.69, 9.17) is 16.3 Å². The minimum Gasteiger partial charge on any atom is -0.497 e. The van der Waals surface area contributed by atoms with Crippen LogP contribution < -0.4 is 10.1 Å². The normalized spacial score (nSPS) is 12.2. The molecule has 1 unspecified atom stereocenters. The Bertz CT molecular complexity index is 615. The Morgan fingerprint density at radius 2 is 1.95 bits per heavy atom. The topological polar surface area (TPSA) is 21.3 Å². The molecule has 2 aromatic carbocycles. The second-order valence-electron chi connectivity index (χ2n) is 4.59. The standard InChI is InChI=1S/C16H17BrClNO/c1-10-9-11(20-3)7-8-12(10)16(19-2)13-5-4-6-14(17)15(13)18/h4-9,16,19H,1-3H3. The fraction of sp³-hybridized carbons (Fsp3) is 0.250. The van der Waals surface area contributed by atoms with Crippen LogP contribution in [0.5, 0.6) is 5.75 Å². The molecule has 0 saturated carbocycles. The molecule has 2 nitrogen and oxygen atoms in total. The van der Waals surface area contributed by atoms with Gasteiger partial charge in [0.05, 0.1) is 18.2 Å². The minimum atomic E-state index is 0.0471. The molecule has 106 valence electrons. The maximum atomic E-state index is 6.42. The van der Waals surface area contributed by atoms with Crippen LogP contribution in [0.15, 0.2) is 40.9 Å². The zero-order chi connectivity index (χ0) is 14.7. The van der Waals surface area contributed by atoms with Gasteiger partial charge in [0.2, 0.25) is 0 Å². The van der Waals surface area contributed by atoms with Crippen LogP contribution in [0.1, 0.15) is 22.7 Å². The minimum absolute atomic E-state index is 0.0471. The number of halogens is 2. The summed E-state index contributed by atoms with van der Waals surface area (Å²) >= 11 is 9.89. The first-order valence-electron chi connectivity index (χ1n) is 6.34. The molecule has 0 heterocycles. The third-order valence-corrected chi connectivity index (χ3v) is 4.68. The molecule has 0 aliphatic heterocycles. The molecule has 0 aromatic heterocycles. The first-order valence-corrected chi connectivity index (χ1v) is 7.51. The molecule has 0 fully saturated rings. The summed E-state index contributed by atoms with van der Waals surface area (Å²) in [5.41, 5.74) is 3.41. The quantitative estimate of drug-likeness (QED) is 0.857. The van der Waals surface area contributed by atoms with E-state index in [2.05, 4.69) is 34.2 Å². The van der Waals surface area contributed by atoms with Crippen LogP contribution in [-0.2, 0) is 0 Å². The zero-order valence-corrected chi connectivity index (χ0v) is 14.0. The third-order valence-electron chi connectivity index (χ3n) is 3.37. The number of aryl methyl sites for hydroxylation is 1. The third kappa shape index (κ3) is 3.00. The van der Waals surface area contributed by atoms with Gasteiger partial charge in [0.1, 0.15) is 5.75 Å². The van der Waals surface area contributed by atoms with Gasteiger partial charge < -0.3 is 10.1 Å². The highest BCUT2D eigenvalue weighted by atomic mass is 79.9. The molecule has 20 heavy (non-hydrogen) atoms. The van der Waals surface area contributed by atoms with E-state index in [1.807, 2.05) is 37.4 Å². The van der Waals surface area contributed by atoms with Crippen molar-refractivity contribution in [2.45, 2.75) is 13.0 Å². The number of hydrogen-bond acceptors (Lipinski definition) is 2. The Kier molecular flexibility index (Phi) is 5.08. The molecule has 1 N–H and O–H groups in total. The lowest BCUT2D eigenvalue weighted by molar-refractivity contribution is 0.414. The van der Waals surface area contributed by atoms with Gasteiger partial charge in [0.25, 0.3) is 0 Å². The summed E-state index contributed by atoms with van der Waals surface area (Å²) in [5, 5.41) is 4.07. The fourth-order valence-corrected chi connectivity index (χ4v) is 2.94. The predicted octanol–water partition coefficient (Wildman–Crippen LogP) is 4.73. The van der Waals surface area contributed by atoms with E-state index in [0.717, 1.165) is 20.8 Å². The van der Waals surface area contributed by atoms with Crippen LogP contribution in [-0.4, -0.2) is 14.2 Å². The number of methoxy groups -OCH3 is 1. The SMILES string of the molecule is CNC(c1ccc(OC)cc1C)c1cccc(Br)c1Cl. The maximum absolute atomic E-state index is 6.42. The van der Waals surface area contributed by atoms with Crippen molar-refractivity contribution in [1.82, 2.24) is 5.32 Å². The van der Waals surface area contributed by atoms with E-state index in [1.165, 1.54) is 11.1 Å². The largest absolute Gasteiger partial charge is 0.497 e. The number of hydrogen-bond donors (Lipinski definition) is 1. The summed E-state index contributed by atoms with van der Waals surface area (Å²) in [5.74, 6) is 0.862. The molecule has 0 bridgehead atoms. The van der Waals surface area contributed by atoms with E-state index in [9.17, 15) is 0 Å². The van der Waals surface area contributed by atoms with Crippen molar-refractivity contribution in [3.8, 4) is 5.75 Å². The van der Waals surface area contributed by atoms with Crippen LogP contribution in [0.4, 0.5) is 0 Å². The molecule has 0 saturated heterocycles. The van der Waals surface area contributed by atoms with Crippen molar-refractivity contribution in [1.29, 1.82) is 0 Å². The van der Waals surface area contributed by atoms with Crippen LogP contribution in [0.2, 0.25) is 5.02 Å². The summed E-state index contributed by atoms with van der Waals surface area (Å²) in [6, 6.07) is 12.1. The van der Waals surface area contributed by atoms with Crippen molar-refractivity contribution in [2.75, 3.05) is 14.2 Å². The van der Waals surface area contributed by atoms with Crippen molar-refractivity contribution in [3.05, 3.63) is 62.6 Å². The van der Waals surface area contributed by atoms with Crippen molar-refractivity contribution >= 4 is 27.5 Å². The summed E-state index contributed by atoms with van der Waals surface area (Å²) in [4.78, 5) is 0. The van der Waals surface area contributed by atoms with Gasteiger partial charge in [-0.05, 0) is 64.8 Å². The van der Waals surface area contributed by atoms with Gasteiger partial charge in [-0.25, -0.2) is 0 Å². The molecule has 2 rings (SSSR count). The second kappa shape index (κ2) is 6.61. The molecule has 0 spiro atoms. The van der Waals surface area contributed by atoms with Crippen LogP contribution in [0.25, 0.3) is 0 Å². The maximum Gasteiger partial charge on any atom is 0.119 e. The molecule has 0 radical (unpaired) electrons. The molecular formula is C16H17BrClNO. The zero-order valence-electron chi connectivity index (χ0n) is 11.7. The van der Waals surface area contributed by atoms with Gasteiger partial charge >= 0.3 is 0 Å². The van der Waals surface area contributed by atoms with Crippen molar-refractivity contribution < 1.29 is 4.74 Å². The molecule has 0 aliphatic carbocycles. The number of rotatable bonds is 4. The average molecular weight is 355 g/mol. The Morgan fingerprint density at radius 3 is 2.55 bits per heavy atom. The van der Waals surface area contributed by atoms with Gasteiger partial charge in [0.15, 0.2) is 0 Å². The Hall–Kier alpha value is -1.03. The van der Waals surface area contributed by atoms with Crippen LogP contribution in [0, 0.1) is 6.92 Å². The van der Waals surface area contributed by atoms with E-state index in [0.29, 0.717) is 0 Å². The number of nitrogens with one attached hydrogen (secondary N) is 1. The molecular weight excluding hydrogens is 338 g/mol. The van der Waals surface area contributed by atoms with Gasteiger partial charge in [-0.15, -0.1) is 0 Å². The molecule has 2 aromatic rings. The van der Waals surface area contributed by atoms with Crippen molar-refractivity contribution in [3.63, 3.8) is 0 Å². The molecule has 1 atom stereocenters. The van der Waals surface area contributed by atoms with E-state index < -0.39 is 0 Å². The van der Waals surface area contributed by atoms with E-state index in [1.54, 1.807) is 7.11 Å². The Morgan fingerprint density at radius 1 is 1.20 bits per heavy atom. The summed E-state index contributed by atoms with van der Waals surface area (Å²) < 4.78 is 6.16. The second-order valence-corrected chi connectivity index (χ2v) is 5.82. The number of benzene rings is 2. The first-order chi connectivity index (χ1) is 9.58. The van der Waals surface area contributed by atoms with Gasteiger partial charge in [-0.1, -0.05) is 29.8 Å². The lowest BCUT2D eigenvalue weighted by Crippen LogP contribution is -2.19. The smallest absolute Gasteiger partial charge is 0.119 e. The van der Waals surface area contributed by atoms with Gasteiger partial charge in [-0.3, -0.25) is 0 Å². The molecule has 0 aliphatic rings. The van der Waals surface area contributed by atoms with E-state index >= 15 is 0 Å². The predicted molar refractivity (Wildman–Crippen MR) is 87.8 cm³/mol. The highest BCUT2D eigenvalue weighted by Crippen LogP contribution is 2.35. The molecule has 4 heteroatoms. The lowest BCUT2D eigenvalue weighted by atomic mass is 9.95. The summed E-state index contributed by atoms with van der Waals surface area (Å²) in [6.07, 6.45) is 0. The van der Waals surface area contributed by atoms with Crippen LogP contribution >= 0.6 is 27.5 Å². The highest BCUT2D eigenvalue weighted by molar-refractivity contribution is 9.10. The Balaban J connectivity index is 2.50. The highest BCUT2D eigenvalue weighted by Gasteiger charge is 2.18. The van der Waals surface area contributed by atoms with Gasteiger partial charge in [-0.2, -0.15) is 0 Å². The van der Waals surface area contributed by atoms with E-state index in [-0.39, 0.29) is 6.04 Å². The lowest BCUT2D eigenvalue weighted by Gasteiger charge is -2.21. The van der Waals surface area contributed by atoms with Crippen molar-refractivity contribution in [2.24, 2.45) is 0 Å².